The first-order valence-corrected chi connectivity index (χ1v) is 5.87. The van der Waals surface area contributed by atoms with Crippen molar-refractivity contribution < 1.29 is 13.2 Å². The molecule has 0 aromatic heterocycles. The Labute approximate surface area is 74.4 Å². The Kier molecular flexibility index (Phi) is 5.44. The quantitative estimate of drug-likeness (QED) is 0.622. The SMILES string of the molecule is CC(C)OCCCNS(C)(=O)=O. The fourth-order valence-corrected chi connectivity index (χ4v) is 1.16. The van der Waals surface area contributed by atoms with Crippen LogP contribution < -0.4 is 4.72 Å². The number of hydrogen-bond acceptors (Lipinski definition) is 3. The van der Waals surface area contributed by atoms with E-state index in [1.165, 1.54) is 0 Å². The van der Waals surface area contributed by atoms with Crippen molar-refractivity contribution in [1.29, 1.82) is 0 Å². The molecule has 0 spiro atoms. The zero-order valence-electron chi connectivity index (χ0n) is 7.83. The van der Waals surface area contributed by atoms with Crippen molar-refractivity contribution in [2.24, 2.45) is 0 Å². The molecule has 0 aliphatic rings. The number of hydrogen-bond donors (Lipinski definition) is 1. The normalized spacial score (nSPS) is 12.3. The molecule has 0 aromatic rings. The highest BCUT2D eigenvalue weighted by Crippen LogP contribution is 1.89. The average molecular weight is 195 g/mol. The monoisotopic (exact) mass is 195 g/mol. The summed E-state index contributed by atoms with van der Waals surface area (Å²) in [6.07, 6.45) is 2.07. The van der Waals surface area contributed by atoms with Gasteiger partial charge in [0.2, 0.25) is 10.0 Å². The van der Waals surface area contributed by atoms with Gasteiger partial charge in [-0.2, -0.15) is 0 Å². The average Bonchev–Trinajstić information content (AvgIpc) is 1.83. The summed E-state index contributed by atoms with van der Waals surface area (Å²) < 4.78 is 28.8. The van der Waals surface area contributed by atoms with E-state index < -0.39 is 10.0 Å². The lowest BCUT2D eigenvalue weighted by Gasteiger charge is -2.06. The molecule has 0 heterocycles. The van der Waals surface area contributed by atoms with Crippen LogP contribution in [0.1, 0.15) is 20.3 Å². The summed E-state index contributed by atoms with van der Waals surface area (Å²) in [5.74, 6) is 0. The van der Waals surface area contributed by atoms with Gasteiger partial charge in [0.25, 0.3) is 0 Å². The molecular weight excluding hydrogens is 178 g/mol. The predicted molar refractivity (Wildman–Crippen MR) is 48.6 cm³/mol. The molecule has 0 rings (SSSR count). The molecule has 0 saturated heterocycles. The second-order valence-electron chi connectivity index (χ2n) is 2.94. The van der Waals surface area contributed by atoms with Crippen LogP contribution in [0.2, 0.25) is 0 Å². The summed E-state index contributed by atoms with van der Waals surface area (Å²) in [6, 6.07) is 0. The van der Waals surface area contributed by atoms with Gasteiger partial charge < -0.3 is 4.74 Å². The second kappa shape index (κ2) is 5.50. The van der Waals surface area contributed by atoms with E-state index in [2.05, 4.69) is 4.72 Å². The molecule has 0 bridgehead atoms. The minimum atomic E-state index is -3.03. The first-order chi connectivity index (χ1) is 5.42. The van der Waals surface area contributed by atoms with Crippen LogP contribution in [0.25, 0.3) is 0 Å². The Balaban J connectivity index is 3.23. The molecular formula is C7H17NO3S. The van der Waals surface area contributed by atoms with Gasteiger partial charge >= 0.3 is 0 Å². The Morgan fingerprint density at radius 3 is 2.42 bits per heavy atom. The molecule has 0 fully saturated rings. The Morgan fingerprint density at radius 1 is 1.42 bits per heavy atom. The van der Waals surface area contributed by atoms with E-state index in [1.54, 1.807) is 0 Å². The third-order valence-electron chi connectivity index (χ3n) is 1.14. The van der Waals surface area contributed by atoms with Gasteiger partial charge in [-0.1, -0.05) is 0 Å². The summed E-state index contributed by atoms with van der Waals surface area (Å²) in [6.45, 7) is 4.94. The van der Waals surface area contributed by atoms with E-state index in [0.29, 0.717) is 19.6 Å². The maximum absolute atomic E-state index is 10.6. The predicted octanol–water partition coefficient (Wildman–Crippen LogP) is 0.351. The zero-order chi connectivity index (χ0) is 9.61. The molecule has 74 valence electrons. The van der Waals surface area contributed by atoms with Gasteiger partial charge in [-0.25, -0.2) is 13.1 Å². The lowest BCUT2D eigenvalue weighted by atomic mass is 10.4. The minimum Gasteiger partial charge on any atom is -0.379 e. The fraction of sp³-hybridized carbons (Fsp3) is 1.00. The Bertz CT molecular complexity index is 199. The molecule has 0 aromatic carbocycles. The number of ether oxygens (including phenoxy) is 1. The van der Waals surface area contributed by atoms with Crippen LogP contribution in [0.4, 0.5) is 0 Å². The first-order valence-electron chi connectivity index (χ1n) is 3.98. The van der Waals surface area contributed by atoms with Gasteiger partial charge in [0.05, 0.1) is 12.4 Å². The molecule has 5 heteroatoms. The van der Waals surface area contributed by atoms with E-state index in [1.807, 2.05) is 13.8 Å². The van der Waals surface area contributed by atoms with Gasteiger partial charge in [0.15, 0.2) is 0 Å². The van der Waals surface area contributed by atoms with Crippen molar-refractivity contribution >= 4 is 10.0 Å². The molecule has 0 radical (unpaired) electrons. The van der Waals surface area contributed by atoms with E-state index in [-0.39, 0.29) is 6.10 Å². The summed E-state index contributed by atoms with van der Waals surface area (Å²) >= 11 is 0. The second-order valence-corrected chi connectivity index (χ2v) is 4.77. The van der Waals surface area contributed by atoms with Crippen molar-refractivity contribution in [3.05, 3.63) is 0 Å². The summed E-state index contributed by atoms with van der Waals surface area (Å²) in [5, 5.41) is 0. The zero-order valence-corrected chi connectivity index (χ0v) is 8.65. The number of sulfonamides is 1. The highest BCUT2D eigenvalue weighted by Gasteiger charge is 1.98. The van der Waals surface area contributed by atoms with Crippen LogP contribution in [0.15, 0.2) is 0 Å². The van der Waals surface area contributed by atoms with Gasteiger partial charge in [-0.15, -0.1) is 0 Å². The van der Waals surface area contributed by atoms with E-state index in [4.69, 9.17) is 4.74 Å². The number of nitrogens with one attached hydrogen (secondary N) is 1. The van der Waals surface area contributed by atoms with Crippen molar-refractivity contribution in [2.75, 3.05) is 19.4 Å². The van der Waals surface area contributed by atoms with Crippen LogP contribution in [-0.4, -0.2) is 33.9 Å². The van der Waals surface area contributed by atoms with Crippen LogP contribution in [-0.2, 0) is 14.8 Å². The fourth-order valence-electron chi connectivity index (χ4n) is 0.649. The Morgan fingerprint density at radius 2 is 2.00 bits per heavy atom. The molecule has 0 unspecified atom stereocenters. The Hall–Kier alpha value is -0.130. The maximum Gasteiger partial charge on any atom is 0.208 e. The van der Waals surface area contributed by atoms with Gasteiger partial charge in [0, 0.05) is 13.2 Å². The van der Waals surface area contributed by atoms with E-state index >= 15 is 0 Å². The largest absolute Gasteiger partial charge is 0.379 e. The van der Waals surface area contributed by atoms with E-state index in [0.717, 1.165) is 6.26 Å². The van der Waals surface area contributed by atoms with Crippen molar-refractivity contribution in [1.82, 2.24) is 4.72 Å². The summed E-state index contributed by atoms with van der Waals surface area (Å²) in [5.41, 5.74) is 0. The topological polar surface area (TPSA) is 55.4 Å². The lowest BCUT2D eigenvalue weighted by molar-refractivity contribution is 0.0778. The third kappa shape index (κ3) is 9.87. The standard InChI is InChI=1S/C7H17NO3S/c1-7(2)11-6-4-5-8-12(3,9)10/h7-8H,4-6H2,1-3H3. The summed E-state index contributed by atoms with van der Waals surface area (Å²) in [4.78, 5) is 0. The van der Waals surface area contributed by atoms with E-state index in [9.17, 15) is 8.42 Å². The molecule has 1 N–H and O–H groups in total. The van der Waals surface area contributed by atoms with Gasteiger partial charge in [-0.3, -0.25) is 0 Å². The van der Waals surface area contributed by atoms with Gasteiger partial charge in [-0.05, 0) is 20.3 Å². The van der Waals surface area contributed by atoms with Crippen LogP contribution in [0.3, 0.4) is 0 Å². The van der Waals surface area contributed by atoms with Crippen molar-refractivity contribution in [2.45, 2.75) is 26.4 Å². The highest BCUT2D eigenvalue weighted by molar-refractivity contribution is 7.88. The molecule has 0 atom stereocenters. The van der Waals surface area contributed by atoms with Crippen molar-refractivity contribution in [3.8, 4) is 0 Å². The first kappa shape index (κ1) is 11.9. The maximum atomic E-state index is 10.6. The minimum absolute atomic E-state index is 0.211. The highest BCUT2D eigenvalue weighted by atomic mass is 32.2. The third-order valence-corrected chi connectivity index (χ3v) is 1.87. The van der Waals surface area contributed by atoms with Crippen LogP contribution in [0, 0.1) is 0 Å². The molecule has 4 nitrogen and oxygen atoms in total. The number of rotatable bonds is 6. The van der Waals surface area contributed by atoms with Crippen LogP contribution >= 0.6 is 0 Å². The van der Waals surface area contributed by atoms with Crippen molar-refractivity contribution in [3.63, 3.8) is 0 Å². The smallest absolute Gasteiger partial charge is 0.208 e. The van der Waals surface area contributed by atoms with Crippen LogP contribution in [0.5, 0.6) is 0 Å². The molecule has 0 aliphatic heterocycles. The lowest BCUT2D eigenvalue weighted by Crippen LogP contribution is -2.24. The summed E-state index contributed by atoms with van der Waals surface area (Å²) in [7, 11) is -3.03. The molecule has 12 heavy (non-hydrogen) atoms. The molecule has 0 amide bonds. The molecule has 0 aliphatic carbocycles. The molecule has 0 saturated carbocycles. The van der Waals surface area contributed by atoms with Gasteiger partial charge in [0.1, 0.15) is 0 Å².